The molecule has 0 aliphatic rings. The van der Waals surface area contributed by atoms with Gasteiger partial charge in [0.1, 0.15) is 5.75 Å². The lowest BCUT2D eigenvalue weighted by Crippen LogP contribution is -2.19. The molecule has 148 valence electrons. The zero-order chi connectivity index (χ0) is 20.9. The summed E-state index contributed by atoms with van der Waals surface area (Å²) >= 11 is 0. The minimum Gasteiger partial charge on any atom is -0.508 e. The van der Waals surface area contributed by atoms with Crippen molar-refractivity contribution < 1.29 is 23.1 Å². The van der Waals surface area contributed by atoms with Crippen LogP contribution in [0, 0.1) is 0 Å². The monoisotopic (exact) mass is 399 g/mol. The Kier molecular flexibility index (Phi) is 5.82. The molecule has 0 heterocycles. The number of aromatic hydroxyl groups is 1. The van der Waals surface area contributed by atoms with Gasteiger partial charge in [0, 0.05) is 5.69 Å². The van der Waals surface area contributed by atoms with E-state index < -0.39 is 17.6 Å². The van der Waals surface area contributed by atoms with Crippen LogP contribution < -0.4 is 10.7 Å². The number of para-hydroxylation sites is 1. The maximum atomic E-state index is 12.9. The standard InChI is InChI=1S/C21H16F3N3O2/c22-21(23,24)15-6-4-7-16(12-15)26-19-10-2-1-9-18(19)20(29)27-25-13-14-5-3-8-17(28)11-14/h1-13,26,28H,(H,27,29)/b25-13+. The summed E-state index contributed by atoms with van der Waals surface area (Å²) in [5, 5.41) is 16.1. The SMILES string of the molecule is O=C(N/N=C/c1cccc(O)c1)c1ccccc1Nc1cccc(C(F)(F)F)c1. The number of anilines is 2. The first-order valence-electron chi connectivity index (χ1n) is 8.49. The van der Waals surface area contributed by atoms with Crippen molar-refractivity contribution in [2.75, 3.05) is 5.32 Å². The Balaban J connectivity index is 1.76. The molecule has 0 fully saturated rings. The molecule has 3 N–H and O–H groups in total. The van der Waals surface area contributed by atoms with Crippen molar-refractivity contribution in [3.8, 4) is 5.75 Å². The number of nitrogens with zero attached hydrogens (tertiary/aromatic N) is 1. The number of hydrogen-bond acceptors (Lipinski definition) is 4. The van der Waals surface area contributed by atoms with Crippen LogP contribution in [0.4, 0.5) is 24.5 Å². The molecule has 3 rings (SSSR count). The van der Waals surface area contributed by atoms with Gasteiger partial charge >= 0.3 is 6.18 Å². The summed E-state index contributed by atoms with van der Waals surface area (Å²) in [7, 11) is 0. The van der Waals surface area contributed by atoms with Crippen molar-refractivity contribution in [1.29, 1.82) is 0 Å². The largest absolute Gasteiger partial charge is 0.508 e. The number of phenols is 1. The first-order chi connectivity index (χ1) is 13.8. The fourth-order valence-corrected chi connectivity index (χ4v) is 2.55. The van der Waals surface area contributed by atoms with E-state index in [-0.39, 0.29) is 17.0 Å². The summed E-state index contributed by atoms with van der Waals surface area (Å²) in [5.74, 6) is -0.479. The highest BCUT2D eigenvalue weighted by Gasteiger charge is 2.30. The number of amides is 1. The second-order valence-electron chi connectivity index (χ2n) is 6.04. The van der Waals surface area contributed by atoms with Gasteiger partial charge in [-0.2, -0.15) is 18.3 Å². The molecule has 0 aliphatic heterocycles. The smallest absolute Gasteiger partial charge is 0.416 e. The fourth-order valence-electron chi connectivity index (χ4n) is 2.55. The van der Waals surface area contributed by atoms with Crippen molar-refractivity contribution in [3.05, 3.63) is 89.5 Å². The van der Waals surface area contributed by atoms with Gasteiger partial charge in [-0.3, -0.25) is 4.79 Å². The van der Waals surface area contributed by atoms with Gasteiger partial charge in [-0.15, -0.1) is 0 Å². The number of phenolic OH excluding ortho intramolecular Hbond substituents is 1. The van der Waals surface area contributed by atoms with Crippen LogP contribution in [0.15, 0.2) is 77.9 Å². The van der Waals surface area contributed by atoms with E-state index in [4.69, 9.17) is 0 Å². The Morgan fingerprint density at radius 3 is 2.48 bits per heavy atom. The summed E-state index contributed by atoms with van der Waals surface area (Å²) in [4.78, 5) is 12.4. The van der Waals surface area contributed by atoms with E-state index in [0.29, 0.717) is 11.3 Å². The Hall–Kier alpha value is -3.81. The van der Waals surface area contributed by atoms with Crippen LogP contribution >= 0.6 is 0 Å². The predicted octanol–water partition coefficient (Wildman–Crippen LogP) is 4.92. The number of carbonyl (C=O) groups excluding carboxylic acids is 1. The lowest BCUT2D eigenvalue weighted by Gasteiger charge is -2.13. The molecule has 0 atom stereocenters. The van der Waals surface area contributed by atoms with Gasteiger partial charge in [-0.05, 0) is 48.0 Å². The van der Waals surface area contributed by atoms with Gasteiger partial charge in [-0.25, -0.2) is 5.43 Å². The lowest BCUT2D eigenvalue weighted by molar-refractivity contribution is -0.137. The molecule has 0 unspecified atom stereocenters. The van der Waals surface area contributed by atoms with E-state index in [1.807, 2.05) is 0 Å². The minimum absolute atomic E-state index is 0.0657. The molecule has 8 heteroatoms. The molecule has 0 spiro atoms. The molecule has 0 saturated heterocycles. The van der Waals surface area contributed by atoms with Crippen molar-refractivity contribution in [3.63, 3.8) is 0 Å². The molecule has 1 amide bonds. The minimum atomic E-state index is -4.46. The normalized spacial score (nSPS) is 11.4. The van der Waals surface area contributed by atoms with Gasteiger partial charge in [0.2, 0.25) is 0 Å². The second-order valence-corrected chi connectivity index (χ2v) is 6.04. The third-order valence-electron chi connectivity index (χ3n) is 3.89. The second kappa shape index (κ2) is 8.47. The first-order valence-corrected chi connectivity index (χ1v) is 8.49. The molecular weight excluding hydrogens is 383 g/mol. The Morgan fingerprint density at radius 1 is 0.966 bits per heavy atom. The number of nitrogens with one attached hydrogen (secondary N) is 2. The summed E-state index contributed by atoms with van der Waals surface area (Å²) in [6.07, 6.45) is -3.10. The predicted molar refractivity (Wildman–Crippen MR) is 104 cm³/mol. The van der Waals surface area contributed by atoms with Crippen molar-refractivity contribution >= 4 is 23.5 Å². The first kappa shape index (κ1) is 19.9. The van der Waals surface area contributed by atoms with E-state index in [1.165, 1.54) is 36.5 Å². The van der Waals surface area contributed by atoms with Crippen LogP contribution in [0.3, 0.4) is 0 Å². The maximum absolute atomic E-state index is 12.9. The molecular formula is C21H16F3N3O2. The van der Waals surface area contributed by atoms with Gasteiger partial charge in [-0.1, -0.05) is 30.3 Å². The highest BCUT2D eigenvalue weighted by atomic mass is 19.4. The van der Waals surface area contributed by atoms with Crippen LogP contribution in [0.2, 0.25) is 0 Å². The van der Waals surface area contributed by atoms with Gasteiger partial charge in [0.25, 0.3) is 5.91 Å². The number of hydrazone groups is 1. The fraction of sp³-hybridized carbons (Fsp3) is 0.0476. The molecule has 5 nitrogen and oxygen atoms in total. The van der Waals surface area contributed by atoms with Crippen molar-refractivity contribution in [2.24, 2.45) is 5.10 Å². The van der Waals surface area contributed by atoms with E-state index >= 15 is 0 Å². The molecule has 29 heavy (non-hydrogen) atoms. The van der Waals surface area contributed by atoms with Gasteiger partial charge < -0.3 is 10.4 Å². The highest BCUT2D eigenvalue weighted by molar-refractivity contribution is 6.00. The third-order valence-corrected chi connectivity index (χ3v) is 3.89. The zero-order valence-electron chi connectivity index (χ0n) is 14.9. The third kappa shape index (κ3) is 5.35. The number of hydrogen-bond donors (Lipinski definition) is 3. The molecule has 0 saturated carbocycles. The van der Waals surface area contributed by atoms with Crippen LogP contribution in [0.25, 0.3) is 0 Å². The Bertz CT molecular complexity index is 1050. The average molecular weight is 399 g/mol. The van der Waals surface area contributed by atoms with E-state index in [9.17, 15) is 23.1 Å². The van der Waals surface area contributed by atoms with Crippen molar-refractivity contribution in [2.45, 2.75) is 6.18 Å². The number of halogens is 3. The van der Waals surface area contributed by atoms with Gasteiger partial charge in [0.15, 0.2) is 0 Å². The van der Waals surface area contributed by atoms with Crippen LogP contribution in [0.1, 0.15) is 21.5 Å². The zero-order valence-corrected chi connectivity index (χ0v) is 14.9. The molecule has 0 bridgehead atoms. The topological polar surface area (TPSA) is 73.7 Å². The van der Waals surface area contributed by atoms with Crippen molar-refractivity contribution in [1.82, 2.24) is 5.43 Å². The number of alkyl halides is 3. The van der Waals surface area contributed by atoms with Crippen LogP contribution in [0.5, 0.6) is 5.75 Å². The van der Waals surface area contributed by atoms with E-state index in [0.717, 1.165) is 12.1 Å². The average Bonchev–Trinajstić information content (AvgIpc) is 2.68. The summed E-state index contributed by atoms with van der Waals surface area (Å²) in [6, 6.07) is 17.4. The van der Waals surface area contributed by atoms with E-state index in [1.54, 1.807) is 30.3 Å². The molecule has 0 aromatic heterocycles. The molecule has 3 aromatic rings. The molecule has 3 aromatic carbocycles. The summed E-state index contributed by atoms with van der Waals surface area (Å²) in [6.45, 7) is 0. The molecule has 0 radical (unpaired) electrons. The Labute approximate surface area is 164 Å². The maximum Gasteiger partial charge on any atom is 0.416 e. The number of benzene rings is 3. The number of carbonyl (C=O) groups is 1. The quantitative estimate of drug-likeness (QED) is 0.421. The summed E-state index contributed by atoms with van der Waals surface area (Å²) in [5.41, 5.74) is 2.88. The molecule has 0 aliphatic carbocycles. The highest BCUT2D eigenvalue weighted by Crippen LogP contribution is 2.31. The van der Waals surface area contributed by atoms with Crippen LogP contribution in [-0.2, 0) is 6.18 Å². The number of rotatable bonds is 5. The summed E-state index contributed by atoms with van der Waals surface area (Å²) < 4.78 is 38.7. The van der Waals surface area contributed by atoms with E-state index in [2.05, 4.69) is 15.8 Å². The Morgan fingerprint density at radius 2 is 1.72 bits per heavy atom. The lowest BCUT2D eigenvalue weighted by atomic mass is 10.1. The van der Waals surface area contributed by atoms with Gasteiger partial charge in [0.05, 0.1) is 23.0 Å². The van der Waals surface area contributed by atoms with Crippen LogP contribution in [-0.4, -0.2) is 17.2 Å².